The van der Waals surface area contributed by atoms with E-state index in [1.165, 1.54) is 11.3 Å². The Labute approximate surface area is 120 Å². The Kier molecular flexibility index (Phi) is 3.83. The van der Waals surface area contributed by atoms with Gasteiger partial charge >= 0.3 is 0 Å². The summed E-state index contributed by atoms with van der Waals surface area (Å²) in [5.74, 6) is -0.0678. The molecule has 5 heteroatoms. The summed E-state index contributed by atoms with van der Waals surface area (Å²) in [6.45, 7) is 0. The van der Waals surface area contributed by atoms with Crippen molar-refractivity contribution in [1.82, 2.24) is 4.98 Å². The van der Waals surface area contributed by atoms with E-state index in [-0.39, 0.29) is 18.2 Å². The third kappa shape index (κ3) is 2.32. The van der Waals surface area contributed by atoms with E-state index in [1.54, 1.807) is 24.5 Å². The number of hydrogen-bond donors (Lipinski definition) is 1. The number of benzene rings is 1. The number of nitrogens with two attached hydrogens (primary N) is 1. The van der Waals surface area contributed by atoms with Crippen molar-refractivity contribution >= 4 is 45.3 Å². The van der Waals surface area contributed by atoms with Crippen LogP contribution in [0.25, 0.3) is 10.1 Å². The van der Waals surface area contributed by atoms with Gasteiger partial charge in [-0.1, -0.05) is 18.2 Å². The standard InChI is InChI=1S/C14H10N2OS.ClH/c15-12-10-5-1-2-6-11(10)18-14(12)13(17)9-4-3-7-16-8-9;/h1-8H,15H2;1H. The first-order valence-corrected chi connectivity index (χ1v) is 6.31. The Morgan fingerprint density at radius 2 is 1.95 bits per heavy atom. The highest BCUT2D eigenvalue weighted by molar-refractivity contribution is 7.21. The van der Waals surface area contributed by atoms with Crippen LogP contribution in [-0.4, -0.2) is 10.8 Å². The van der Waals surface area contributed by atoms with Crippen molar-refractivity contribution in [2.24, 2.45) is 0 Å². The van der Waals surface area contributed by atoms with Crippen molar-refractivity contribution in [3.8, 4) is 0 Å². The Morgan fingerprint density at radius 1 is 1.16 bits per heavy atom. The number of carbonyl (C=O) groups is 1. The highest BCUT2D eigenvalue weighted by Gasteiger charge is 2.17. The van der Waals surface area contributed by atoms with Crippen molar-refractivity contribution in [2.45, 2.75) is 0 Å². The van der Waals surface area contributed by atoms with Crippen LogP contribution in [0.1, 0.15) is 15.2 Å². The number of anilines is 1. The highest BCUT2D eigenvalue weighted by Crippen LogP contribution is 2.34. The number of aromatic nitrogens is 1. The predicted molar refractivity (Wildman–Crippen MR) is 81.2 cm³/mol. The number of carbonyl (C=O) groups excluding carboxylic acids is 1. The molecule has 0 amide bonds. The highest BCUT2D eigenvalue weighted by atomic mass is 35.5. The number of halogens is 1. The van der Waals surface area contributed by atoms with Gasteiger partial charge in [0.05, 0.1) is 10.6 Å². The van der Waals surface area contributed by atoms with Gasteiger partial charge in [-0.3, -0.25) is 9.78 Å². The van der Waals surface area contributed by atoms with Gasteiger partial charge in [-0.05, 0) is 18.2 Å². The molecule has 2 aromatic heterocycles. The zero-order valence-electron chi connectivity index (χ0n) is 9.87. The van der Waals surface area contributed by atoms with Crippen LogP contribution in [0.4, 0.5) is 5.69 Å². The molecule has 2 N–H and O–H groups in total. The summed E-state index contributed by atoms with van der Waals surface area (Å²) in [7, 11) is 0. The van der Waals surface area contributed by atoms with Gasteiger partial charge in [-0.2, -0.15) is 0 Å². The van der Waals surface area contributed by atoms with Gasteiger partial charge in [0, 0.05) is 28.0 Å². The fraction of sp³-hybridized carbons (Fsp3) is 0. The molecule has 0 saturated heterocycles. The van der Waals surface area contributed by atoms with Crippen molar-refractivity contribution in [1.29, 1.82) is 0 Å². The van der Waals surface area contributed by atoms with E-state index in [2.05, 4.69) is 4.98 Å². The zero-order chi connectivity index (χ0) is 12.5. The number of pyridine rings is 1. The van der Waals surface area contributed by atoms with E-state index in [0.717, 1.165) is 10.1 Å². The molecule has 19 heavy (non-hydrogen) atoms. The molecule has 0 aliphatic carbocycles. The fourth-order valence-corrected chi connectivity index (χ4v) is 2.95. The SMILES string of the molecule is Cl.Nc1c(C(=O)c2cccnc2)sc2ccccc12. The number of hydrogen-bond acceptors (Lipinski definition) is 4. The first kappa shape index (κ1) is 13.5. The lowest BCUT2D eigenvalue weighted by atomic mass is 10.1. The molecule has 0 spiro atoms. The topological polar surface area (TPSA) is 56.0 Å². The molecule has 0 atom stereocenters. The fourth-order valence-electron chi connectivity index (χ4n) is 1.86. The Bertz CT molecular complexity index is 725. The van der Waals surface area contributed by atoms with E-state index >= 15 is 0 Å². The van der Waals surface area contributed by atoms with Gasteiger partial charge in [0.1, 0.15) is 0 Å². The average Bonchev–Trinajstić information content (AvgIpc) is 2.77. The number of nitrogens with zero attached hydrogens (tertiary/aromatic N) is 1. The molecule has 2 heterocycles. The molecule has 3 nitrogen and oxygen atoms in total. The van der Waals surface area contributed by atoms with Gasteiger partial charge in [0.15, 0.2) is 0 Å². The maximum atomic E-state index is 12.3. The van der Waals surface area contributed by atoms with Crippen LogP contribution < -0.4 is 5.73 Å². The van der Waals surface area contributed by atoms with Crippen molar-refractivity contribution in [3.05, 3.63) is 59.2 Å². The van der Waals surface area contributed by atoms with Gasteiger partial charge in [-0.25, -0.2) is 0 Å². The molecule has 1 aromatic carbocycles. The molecule has 3 rings (SSSR count). The van der Waals surface area contributed by atoms with Crippen LogP contribution in [0, 0.1) is 0 Å². The van der Waals surface area contributed by atoms with Crippen molar-refractivity contribution < 1.29 is 4.79 Å². The molecule has 0 saturated carbocycles. The van der Waals surface area contributed by atoms with E-state index in [0.29, 0.717) is 16.1 Å². The summed E-state index contributed by atoms with van der Waals surface area (Å²) in [6, 6.07) is 11.3. The summed E-state index contributed by atoms with van der Waals surface area (Å²) in [5, 5.41) is 0.940. The molecule has 0 unspecified atom stereocenters. The summed E-state index contributed by atoms with van der Waals surface area (Å²) < 4.78 is 1.03. The first-order valence-electron chi connectivity index (χ1n) is 5.49. The van der Waals surface area contributed by atoms with E-state index < -0.39 is 0 Å². The van der Waals surface area contributed by atoms with E-state index in [1.807, 2.05) is 24.3 Å². The van der Waals surface area contributed by atoms with Crippen LogP contribution in [0.5, 0.6) is 0 Å². The molecule has 0 aliphatic heterocycles. The van der Waals surface area contributed by atoms with E-state index in [4.69, 9.17) is 5.73 Å². The number of rotatable bonds is 2. The molecular weight excluding hydrogens is 280 g/mol. The lowest BCUT2D eigenvalue weighted by Gasteiger charge is -1.98. The average molecular weight is 291 g/mol. The maximum absolute atomic E-state index is 12.3. The second-order valence-electron chi connectivity index (χ2n) is 3.91. The van der Waals surface area contributed by atoms with Crippen LogP contribution in [0.15, 0.2) is 48.8 Å². The minimum atomic E-state index is -0.0678. The van der Waals surface area contributed by atoms with Crippen LogP contribution in [0.3, 0.4) is 0 Å². The third-order valence-electron chi connectivity index (χ3n) is 2.76. The van der Waals surface area contributed by atoms with Crippen LogP contribution in [-0.2, 0) is 0 Å². The number of nitrogen functional groups attached to an aromatic ring is 1. The van der Waals surface area contributed by atoms with Crippen LogP contribution in [0.2, 0.25) is 0 Å². The second-order valence-corrected chi connectivity index (χ2v) is 4.96. The molecule has 0 bridgehead atoms. The second kappa shape index (κ2) is 5.38. The third-order valence-corrected chi connectivity index (χ3v) is 3.95. The lowest BCUT2D eigenvalue weighted by Crippen LogP contribution is -2.02. The number of ketones is 1. The molecule has 0 radical (unpaired) electrons. The normalized spacial score (nSPS) is 10.1. The summed E-state index contributed by atoms with van der Waals surface area (Å²) in [6.07, 6.45) is 3.21. The van der Waals surface area contributed by atoms with Crippen molar-refractivity contribution in [2.75, 3.05) is 5.73 Å². The van der Waals surface area contributed by atoms with Gasteiger partial charge in [0.25, 0.3) is 0 Å². The molecule has 3 aromatic rings. The van der Waals surface area contributed by atoms with Gasteiger partial charge in [-0.15, -0.1) is 23.7 Å². The van der Waals surface area contributed by atoms with Crippen LogP contribution >= 0.6 is 23.7 Å². The Hall–Kier alpha value is -1.91. The monoisotopic (exact) mass is 290 g/mol. The largest absolute Gasteiger partial charge is 0.397 e. The smallest absolute Gasteiger partial charge is 0.206 e. The molecule has 0 aliphatic rings. The van der Waals surface area contributed by atoms with E-state index in [9.17, 15) is 4.79 Å². The molecule has 0 fully saturated rings. The molecule has 96 valence electrons. The summed E-state index contributed by atoms with van der Waals surface area (Å²) >= 11 is 1.42. The van der Waals surface area contributed by atoms with Gasteiger partial charge < -0.3 is 5.73 Å². The first-order chi connectivity index (χ1) is 8.77. The van der Waals surface area contributed by atoms with Crippen molar-refractivity contribution in [3.63, 3.8) is 0 Å². The summed E-state index contributed by atoms with van der Waals surface area (Å²) in [4.78, 5) is 16.9. The minimum Gasteiger partial charge on any atom is -0.397 e. The quantitative estimate of drug-likeness (QED) is 0.735. The lowest BCUT2D eigenvalue weighted by molar-refractivity contribution is 0.104. The Morgan fingerprint density at radius 3 is 2.63 bits per heavy atom. The summed E-state index contributed by atoms with van der Waals surface area (Å²) in [5.41, 5.74) is 7.17. The van der Waals surface area contributed by atoms with Gasteiger partial charge in [0.2, 0.25) is 5.78 Å². The zero-order valence-corrected chi connectivity index (χ0v) is 11.5. The maximum Gasteiger partial charge on any atom is 0.206 e. The number of fused-ring (bicyclic) bond motifs is 1. The Balaban J connectivity index is 0.00000133. The minimum absolute atomic E-state index is 0. The number of thiophene rings is 1. The predicted octanol–water partition coefficient (Wildman–Crippen LogP) is 3.53. The molecular formula is C14H11ClN2OS.